The molecular formula is C14H21N5O. The van der Waals surface area contributed by atoms with Gasteiger partial charge in [0.25, 0.3) is 0 Å². The van der Waals surface area contributed by atoms with Crippen molar-refractivity contribution < 1.29 is 4.79 Å². The molecule has 6 heteroatoms. The van der Waals surface area contributed by atoms with Crippen LogP contribution in [0.5, 0.6) is 0 Å². The Morgan fingerprint density at radius 2 is 2.20 bits per heavy atom. The van der Waals surface area contributed by atoms with Gasteiger partial charge in [-0.15, -0.1) is 0 Å². The maximum absolute atomic E-state index is 11.8. The summed E-state index contributed by atoms with van der Waals surface area (Å²) in [4.78, 5) is 20.5. The lowest BCUT2D eigenvalue weighted by molar-refractivity contribution is -0.121. The first-order valence-electron chi connectivity index (χ1n) is 6.90. The van der Waals surface area contributed by atoms with E-state index in [1.165, 1.54) is 0 Å². The summed E-state index contributed by atoms with van der Waals surface area (Å²) < 4.78 is 1.79. The van der Waals surface area contributed by atoms with Crippen molar-refractivity contribution in [1.82, 2.24) is 19.9 Å². The predicted molar refractivity (Wildman–Crippen MR) is 79.2 cm³/mol. The lowest BCUT2D eigenvalue weighted by Crippen LogP contribution is -2.32. The Kier molecular flexibility index (Phi) is 4.22. The highest BCUT2D eigenvalue weighted by atomic mass is 16.1. The molecule has 3 N–H and O–H groups in total. The van der Waals surface area contributed by atoms with Crippen LogP contribution >= 0.6 is 0 Å². The van der Waals surface area contributed by atoms with E-state index in [4.69, 9.17) is 5.73 Å². The molecule has 20 heavy (non-hydrogen) atoms. The van der Waals surface area contributed by atoms with Gasteiger partial charge in [-0.3, -0.25) is 9.36 Å². The fraction of sp³-hybridized carbons (Fsp3) is 0.500. The maximum Gasteiger partial charge on any atom is 0.222 e. The van der Waals surface area contributed by atoms with Crippen molar-refractivity contribution >= 4 is 23.0 Å². The molecule has 0 aliphatic carbocycles. The fourth-order valence-corrected chi connectivity index (χ4v) is 2.00. The Morgan fingerprint density at radius 3 is 2.90 bits per heavy atom. The number of carbonyl (C=O) groups is 1. The van der Waals surface area contributed by atoms with Crippen molar-refractivity contribution in [3.8, 4) is 0 Å². The monoisotopic (exact) mass is 275 g/mol. The topological polar surface area (TPSA) is 85.8 Å². The molecule has 1 amide bonds. The molecule has 0 fully saturated rings. The van der Waals surface area contributed by atoms with Crippen LogP contribution in [0.2, 0.25) is 0 Å². The van der Waals surface area contributed by atoms with E-state index >= 15 is 0 Å². The average molecular weight is 275 g/mol. The van der Waals surface area contributed by atoms with Crippen molar-refractivity contribution in [2.24, 2.45) is 0 Å². The molecule has 2 rings (SSSR count). The van der Waals surface area contributed by atoms with E-state index in [9.17, 15) is 4.79 Å². The number of hydrogen-bond donors (Lipinski definition) is 2. The number of nitrogens with two attached hydrogens (primary N) is 1. The number of carbonyl (C=O) groups excluding carboxylic acids is 1. The zero-order valence-corrected chi connectivity index (χ0v) is 12.2. The highest BCUT2D eigenvalue weighted by Gasteiger charge is 2.12. The van der Waals surface area contributed by atoms with E-state index in [1.807, 2.05) is 32.9 Å². The molecule has 2 aromatic rings. The van der Waals surface area contributed by atoms with Crippen LogP contribution in [0.4, 0.5) is 5.95 Å². The first-order chi connectivity index (χ1) is 9.51. The van der Waals surface area contributed by atoms with Gasteiger partial charge >= 0.3 is 0 Å². The summed E-state index contributed by atoms with van der Waals surface area (Å²) in [6, 6.07) is 3.98. The molecule has 0 saturated carbocycles. The van der Waals surface area contributed by atoms with E-state index in [2.05, 4.69) is 15.3 Å². The van der Waals surface area contributed by atoms with Crippen LogP contribution in [-0.4, -0.2) is 26.5 Å². The Balaban J connectivity index is 2.11. The van der Waals surface area contributed by atoms with Gasteiger partial charge in [0.15, 0.2) is 5.65 Å². The number of imidazole rings is 1. The van der Waals surface area contributed by atoms with Crippen LogP contribution in [0.15, 0.2) is 12.1 Å². The van der Waals surface area contributed by atoms with Crippen molar-refractivity contribution in [2.75, 3.05) is 5.73 Å². The number of pyridine rings is 1. The van der Waals surface area contributed by atoms with Gasteiger partial charge < -0.3 is 11.1 Å². The van der Waals surface area contributed by atoms with Crippen LogP contribution in [0.25, 0.3) is 11.2 Å². The van der Waals surface area contributed by atoms with Crippen LogP contribution in [-0.2, 0) is 11.3 Å². The second-order valence-corrected chi connectivity index (χ2v) is 5.04. The van der Waals surface area contributed by atoms with Gasteiger partial charge in [0.05, 0.1) is 0 Å². The number of nitrogens with one attached hydrogen (secondary N) is 1. The zero-order chi connectivity index (χ0) is 14.7. The normalized spacial score (nSPS) is 12.6. The summed E-state index contributed by atoms with van der Waals surface area (Å²) in [6.45, 7) is 6.44. The number of aryl methyl sites for hydroxylation is 2. The highest BCUT2D eigenvalue weighted by Crippen LogP contribution is 2.16. The first kappa shape index (κ1) is 14.3. The first-order valence-corrected chi connectivity index (χ1v) is 6.90. The zero-order valence-electron chi connectivity index (χ0n) is 12.2. The van der Waals surface area contributed by atoms with Crippen molar-refractivity contribution in [1.29, 1.82) is 0 Å². The highest BCUT2D eigenvalue weighted by molar-refractivity contribution is 5.77. The molecule has 0 radical (unpaired) electrons. The number of fused-ring (bicyclic) bond motifs is 1. The SMILES string of the molecule is CCC(C)NC(=O)CCn1c(N)nc2ccc(C)nc21. The van der Waals surface area contributed by atoms with Gasteiger partial charge in [0.1, 0.15) is 5.52 Å². The Hall–Kier alpha value is -2.11. The number of amides is 1. The standard InChI is InChI=1S/C14H21N5O/c1-4-9(2)16-12(20)7-8-19-13-11(18-14(19)15)6-5-10(3)17-13/h5-6,9H,4,7-8H2,1-3H3,(H2,15,18)(H,16,20). The van der Waals surface area contributed by atoms with E-state index in [1.54, 1.807) is 4.57 Å². The van der Waals surface area contributed by atoms with Gasteiger partial charge in [-0.1, -0.05) is 6.92 Å². The Bertz CT molecular complexity index is 619. The van der Waals surface area contributed by atoms with Gasteiger partial charge in [0, 0.05) is 24.7 Å². The van der Waals surface area contributed by atoms with Gasteiger partial charge in [-0.05, 0) is 32.4 Å². The third-order valence-corrected chi connectivity index (χ3v) is 3.34. The average Bonchev–Trinajstić information content (AvgIpc) is 2.71. The molecule has 2 heterocycles. The molecule has 1 atom stereocenters. The van der Waals surface area contributed by atoms with E-state index < -0.39 is 0 Å². The molecule has 0 bridgehead atoms. The molecule has 0 saturated heterocycles. The minimum absolute atomic E-state index is 0.0215. The minimum atomic E-state index is 0.0215. The van der Waals surface area contributed by atoms with E-state index in [0.29, 0.717) is 18.9 Å². The summed E-state index contributed by atoms with van der Waals surface area (Å²) in [5.41, 5.74) is 8.30. The molecule has 0 spiro atoms. The van der Waals surface area contributed by atoms with Crippen LogP contribution < -0.4 is 11.1 Å². The lowest BCUT2D eigenvalue weighted by atomic mass is 10.2. The molecule has 0 aromatic carbocycles. The number of nitrogen functional groups attached to an aromatic ring is 1. The van der Waals surface area contributed by atoms with Crippen LogP contribution in [0.3, 0.4) is 0 Å². The second-order valence-electron chi connectivity index (χ2n) is 5.04. The lowest BCUT2D eigenvalue weighted by Gasteiger charge is -2.12. The van der Waals surface area contributed by atoms with E-state index in [0.717, 1.165) is 23.3 Å². The van der Waals surface area contributed by atoms with E-state index in [-0.39, 0.29) is 11.9 Å². The third-order valence-electron chi connectivity index (χ3n) is 3.34. The third kappa shape index (κ3) is 3.07. The molecule has 2 aromatic heterocycles. The molecule has 6 nitrogen and oxygen atoms in total. The molecule has 108 valence electrons. The van der Waals surface area contributed by atoms with Crippen molar-refractivity contribution in [2.45, 2.75) is 46.2 Å². The van der Waals surface area contributed by atoms with Gasteiger partial charge in [-0.25, -0.2) is 9.97 Å². The van der Waals surface area contributed by atoms with Gasteiger partial charge in [0.2, 0.25) is 11.9 Å². The summed E-state index contributed by atoms with van der Waals surface area (Å²) >= 11 is 0. The molecular weight excluding hydrogens is 254 g/mol. The van der Waals surface area contributed by atoms with Crippen LogP contribution in [0, 0.1) is 6.92 Å². The quantitative estimate of drug-likeness (QED) is 0.868. The number of nitrogens with zero attached hydrogens (tertiary/aromatic N) is 3. The molecule has 0 aliphatic heterocycles. The van der Waals surface area contributed by atoms with Crippen molar-refractivity contribution in [3.05, 3.63) is 17.8 Å². The predicted octanol–water partition coefficient (Wildman–Crippen LogP) is 1.63. The summed E-state index contributed by atoms with van der Waals surface area (Å²) in [7, 11) is 0. The summed E-state index contributed by atoms with van der Waals surface area (Å²) in [5.74, 6) is 0.419. The fourth-order valence-electron chi connectivity index (χ4n) is 2.00. The minimum Gasteiger partial charge on any atom is -0.369 e. The number of aromatic nitrogens is 3. The molecule has 1 unspecified atom stereocenters. The molecule has 0 aliphatic rings. The number of anilines is 1. The Labute approximate surface area is 118 Å². The Morgan fingerprint density at radius 1 is 1.45 bits per heavy atom. The number of rotatable bonds is 5. The number of hydrogen-bond acceptors (Lipinski definition) is 4. The largest absolute Gasteiger partial charge is 0.369 e. The van der Waals surface area contributed by atoms with Crippen LogP contribution in [0.1, 0.15) is 32.4 Å². The van der Waals surface area contributed by atoms with Gasteiger partial charge in [-0.2, -0.15) is 0 Å². The smallest absolute Gasteiger partial charge is 0.222 e. The van der Waals surface area contributed by atoms with Crippen molar-refractivity contribution in [3.63, 3.8) is 0 Å². The summed E-state index contributed by atoms with van der Waals surface area (Å²) in [5, 5.41) is 2.94. The second kappa shape index (κ2) is 5.90. The summed E-state index contributed by atoms with van der Waals surface area (Å²) in [6.07, 6.45) is 1.29. The maximum atomic E-state index is 11.8.